The van der Waals surface area contributed by atoms with Gasteiger partial charge in [0.25, 0.3) is 5.91 Å². The maximum Gasteiger partial charge on any atom is 0.254 e. The normalized spacial score (nSPS) is 12.6. The van der Waals surface area contributed by atoms with Crippen molar-refractivity contribution in [1.82, 2.24) is 5.32 Å². The monoisotopic (exact) mass is 335 g/mol. The van der Waals surface area contributed by atoms with Crippen LogP contribution < -0.4 is 5.32 Å². The standard InChI is InChI=1S/C13H16BrClFNO/c1-8(2)12(5-6-15)17-13(18)10-7-9(14)3-4-11(10)16/h3-4,7-8,12H,5-6H2,1-2H3,(H,17,18). The first-order valence-electron chi connectivity index (χ1n) is 5.77. The average molecular weight is 337 g/mol. The summed E-state index contributed by atoms with van der Waals surface area (Å²) in [6.45, 7) is 3.99. The lowest BCUT2D eigenvalue weighted by Crippen LogP contribution is -2.39. The highest BCUT2D eigenvalue weighted by Gasteiger charge is 2.19. The van der Waals surface area contributed by atoms with Gasteiger partial charge in [0.1, 0.15) is 5.82 Å². The van der Waals surface area contributed by atoms with Gasteiger partial charge >= 0.3 is 0 Å². The number of nitrogens with one attached hydrogen (secondary N) is 1. The Labute approximate surface area is 120 Å². The molecule has 0 aliphatic rings. The van der Waals surface area contributed by atoms with Crippen molar-refractivity contribution in [3.05, 3.63) is 34.1 Å². The Bertz CT molecular complexity index is 425. The van der Waals surface area contributed by atoms with Crippen LogP contribution in [0.15, 0.2) is 22.7 Å². The molecule has 100 valence electrons. The van der Waals surface area contributed by atoms with Crippen LogP contribution in [0.4, 0.5) is 4.39 Å². The quantitative estimate of drug-likeness (QED) is 0.810. The predicted molar refractivity (Wildman–Crippen MR) is 75.5 cm³/mol. The van der Waals surface area contributed by atoms with Crippen molar-refractivity contribution >= 4 is 33.4 Å². The lowest BCUT2D eigenvalue weighted by molar-refractivity contribution is 0.0920. The van der Waals surface area contributed by atoms with Gasteiger partial charge in [0.15, 0.2) is 0 Å². The molecule has 0 radical (unpaired) electrons. The zero-order chi connectivity index (χ0) is 13.7. The largest absolute Gasteiger partial charge is 0.349 e. The second-order valence-electron chi connectivity index (χ2n) is 4.43. The number of rotatable bonds is 5. The van der Waals surface area contributed by atoms with Crippen molar-refractivity contribution in [2.24, 2.45) is 5.92 Å². The van der Waals surface area contributed by atoms with Crippen LogP contribution in [0.2, 0.25) is 0 Å². The van der Waals surface area contributed by atoms with Crippen LogP contribution in [0.5, 0.6) is 0 Å². The maximum atomic E-state index is 13.5. The first kappa shape index (κ1) is 15.4. The van der Waals surface area contributed by atoms with Gasteiger partial charge < -0.3 is 5.32 Å². The van der Waals surface area contributed by atoms with E-state index in [1.807, 2.05) is 13.8 Å². The van der Waals surface area contributed by atoms with Crippen LogP contribution >= 0.6 is 27.5 Å². The summed E-state index contributed by atoms with van der Waals surface area (Å²) in [7, 11) is 0. The average Bonchev–Trinajstić information content (AvgIpc) is 2.31. The fraction of sp³-hybridized carbons (Fsp3) is 0.462. The number of halogens is 3. The Kier molecular flexibility index (Phi) is 6.09. The summed E-state index contributed by atoms with van der Waals surface area (Å²) in [6, 6.07) is 4.26. The lowest BCUT2D eigenvalue weighted by Gasteiger charge is -2.21. The molecule has 5 heteroatoms. The minimum atomic E-state index is -0.524. The smallest absolute Gasteiger partial charge is 0.254 e. The van der Waals surface area contributed by atoms with Crippen LogP contribution in [-0.4, -0.2) is 17.8 Å². The van der Waals surface area contributed by atoms with E-state index in [9.17, 15) is 9.18 Å². The van der Waals surface area contributed by atoms with Crippen molar-refractivity contribution in [1.29, 1.82) is 0 Å². The van der Waals surface area contributed by atoms with Gasteiger partial charge in [0.2, 0.25) is 0 Å². The lowest BCUT2D eigenvalue weighted by atomic mass is 10.0. The van der Waals surface area contributed by atoms with Gasteiger partial charge in [-0.1, -0.05) is 29.8 Å². The zero-order valence-electron chi connectivity index (χ0n) is 10.3. The number of alkyl halides is 1. The molecule has 0 aliphatic carbocycles. The zero-order valence-corrected chi connectivity index (χ0v) is 12.7. The highest BCUT2D eigenvalue weighted by molar-refractivity contribution is 9.10. The molecule has 1 amide bonds. The number of hydrogen-bond donors (Lipinski definition) is 1. The second-order valence-corrected chi connectivity index (χ2v) is 5.72. The summed E-state index contributed by atoms with van der Waals surface area (Å²) in [5, 5.41) is 2.82. The molecule has 1 rings (SSSR count). The molecule has 1 aromatic rings. The SMILES string of the molecule is CC(C)C(CCCl)NC(=O)c1cc(Br)ccc1F. The molecule has 2 nitrogen and oxygen atoms in total. The summed E-state index contributed by atoms with van der Waals surface area (Å²) >= 11 is 8.92. The van der Waals surface area contributed by atoms with E-state index in [1.165, 1.54) is 12.1 Å². The van der Waals surface area contributed by atoms with E-state index in [4.69, 9.17) is 11.6 Å². The first-order valence-corrected chi connectivity index (χ1v) is 7.10. The van der Waals surface area contributed by atoms with Gasteiger partial charge in [0, 0.05) is 16.4 Å². The van der Waals surface area contributed by atoms with Gasteiger partial charge in [0.05, 0.1) is 5.56 Å². The molecule has 0 heterocycles. The van der Waals surface area contributed by atoms with E-state index in [0.29, 0.717) is 16.8 Å². The van der Waals surface area contributed by atoms with Gasteiger partial charge in [-0.05, 0) is 30.5 Å². The molecule has 0 aliphatic heterocycles. The summed E-state index contributed by atoms with van der Waals surface area (Å²) in [5.74, 6) is -0.214. The van der Waals surface area contributed by atoms with Crippen molar-refractivity contribution in [3.63, 3.8) is 0 Å². The number of benzene rings is 1. The van der Waals surface area contributed by atoms with E-state index in [-0.39, 0.29) is 17.5 Å². The van der Waals surface area contributed by atoms with Crippen molar-refractivity contribution in [3.8, 4) is 0 Å². The topological polar surface area (TPSA) is 29.1 Å². The molecule has 1 atom stereocenters. The molecular weight excluding hydrogens is 321 g/mol. The second kappa shape index (κ2) is 7.10. The van der Waals surface area contributed by atoms with Gasteiger partial charge in [-0.15, -0.1) is 11.6 Å². The van der Waals surface area contributed by atoms with E-state index in [0.717, 1.165) is 0 Å². The van der Waals surface area contributed by atoms with Gasteiger partial charge in [-0.3, -0.25) is 4.79 Å². The minimum absolute atomic E-state index is 0.0459. The molecule has 0 bridgehead atoms. The molecule has 0 spiro atoms. The summed E-state index contributed by atoms with van der Waals surface area (Å²) in [5.41, 5.74) is 0.0459. The molecular formula is C13H16BrClFNO. The third-order valence-electron chi connectivity index (χ3n) is 2.71. The number of carbonyl (C=O) groups is 1. The van der Waals surface area contributed by atoms with Crippen LogP contribution in [0.3, 0.4) is 0 Å². The van der Waals surface area contributed by atoms with Crippen LogP contribution in [0, 0.1) is 11.7 Å². The van der Waals surface area contributed by atoms with E-state index in [2.05, 4.69) is 21.2 Å². The molecule has 1 aromatic carbocycles. The van der Waals surface area contributed by atoms with Crippen LogP contribution in [-0.2, 0) is 0 Å². The highest BCUT2D eigenvalue weighted by Crippen LogP contribution is 2.16. The van der Waals surface area contributed by atoms with Crippen LogP contribution in [0.1, 0.15) is 30.6 Å². The molecule has 1 N–H and O–H groups in total. The Morgan fingerprint density at radius 3 is 2.72 bits per heavy atom. The van der Waals surface area contributed by atoms with Crippen LogP contribution in [0.25, 0.3) is 0 Å². The third kappa shape index (κ3) is 4.25. The minimum Gasteiger partial charge on any atom is -0.349 e. The Hall–Kier alpha value is -0.610. The van der Waals surface area contributed by atoms with Gasteiger partial charge in [-0.2, -0.15) is 0 Å². The molecule has 0 saturated heterocycles. The summed E-state index contributed by atoms with van der Waals surface area (Å²) in [6.07, 6.45) is 0.667. The Balaban J connectivity index is 2.83. The Morgan fingerprint density at radius 1 is 1.50 bits per heavy atom. The van der Waals surface area contributed by atoms with E-state index in [1.54, 1.807) is 6.07 Å². The molecule has 0 saturated carbocycles. The molecule has 18 heavy (non-hydrogen) atoms. The fourth-order valence-corrected chi connectivity index (χ4v) is 2.20. The fourth-order valence-electron chi connectivity index (χ4n) is 1.61. The van der Waals surface area contributed by atoms with Crippen molar-refractivity contribution < 1.29 is 9.18 Å². The molecule has 1 unspecified atom stereocenters. The van der Waals surface area contributed by atoms with Crippen molar-refractivity contribution in [2.75, 3.05) is 5.88 Å². The van der Waals surface area contributed by atoms with Crippen molar-refractivity contribution in [2.45, 2.75) is 26.3 Å². The Morgan fingerprint density at radius 2 is 2.17 bits per heavy atom. The van der Waals surface area contributed by atoms with E-state index < -0.39 is 11.7 Å². The predicted octanol–water partition coefficient (Wildman–Crippen LogP) is 3.97. The molecule has 0 aromatic heterocycles. The summed E-state index contributed by atoms with van der Waals surface area (Å²) < 4.78 is 14.2. The van der Waals surface area contributed by atoms with E-state index >= 15 is 0 Å². The number of carbonyl (C=O) groups excluding carboxylic acids is 1. The van der Waals surface area contributed by atoms with Gasteiger partial charge in [-0.25, -0.2) is 4.39 Å². The number of amides is 1. The molecule has 0 fully saturated rings. The third-order valence-corrected chi connectivity index (χ3v) is 3.43. The highest BCUT2D eigenvalue weighted by atomic mass is 79.9. The number of hydrogen-bond acceptors (Lipinski definition) is 1. The maximum absolute atomic E-state index is 13.5. The first-order chi connectivity index (χ1) is 8.45. The summed E-state index contributed by atoms with van der Waals surface area (Å²) in [4.78, 5) is 12.0.